The second-order valence-electron chi connectivity index (χ2n) is 6.85. The summed E-state index contributed by atoms with van der Waals surface area (Å²) in [5.41, 5.74) is 2.69. The molecule has 0 amide bonds. The van der Waals surface area contributed by atoms with E-state index in [0.717, 1.165) is 44.2 Å². The molecular formula is C19H27N3OS. The van der Waals surface area contributed by atoms with Crippen LogP contribution in [0.15, 0.2) is 30.5 Å². The fourth-order valence-corrected chi connectivity index (χ4v) is 3.82. The molecule has 0 atom stereocenters. The van der Waals surface area contributed by atoms with Crippen LogP contribution >= 0.6 is 11.3 Å². The van der Waals surface area contributed by atoms with Gasteiger partial charge in [-0.2, -0.15) is 0 Å². The van der Waals surface area contributed by atoms with Crippen molar-refractivity contribution in [3.05, 3.63) is 46.5 Å². The fourth-order valence-electron chi connectivity index (χ4n) is 3.01. The van der Waals surface area contributed by atoms with E-state index in [4.69, 9.17) is 0 Å². The number of anilines is 1. The summed E-state index contributed by atoms with van der Waals surface area (Å²) in [4.78, 5) is 8.23. The van der Waals surface area contributed by atoms with Crippen LogP contribution in [0.3, 0.4) is 0 Å². The Kier molecular flexibility index (Phi) is 5.87. The molecule has 0 bridgehead atoms. The van der Waals surface area contributed by atoms with Crippen LogP contribution in [0.1, 0.15) is 48.6 Å². The highest BCUT2D eigenvalue weighted by atomic mass is 32.1. The summed E-state index contributed by atoms with van der Waals surface area (Å²) >= 11 is 1.74. The highest BCUT2D eigenvalue weighted by Crippen LogP contribution is 2.26. The Balaban J connectivity index is 1.61. The number of hydrogen-bond donors (Lipinski definition) is 2. The third-order valence-electron chi connectivity index (χ3n) is 4.59. The molecule has 1 aromatic heterocycles. The van der Waals surface area contributed by atoms with Crippen LogP contribution in [-0.4, -0.2) is 34.2 Å². The van der Waals surface area contributed by atoms with Crippen molar-refractivity contribution in [2.75, 3.05) is 18.4 Å². The predicted octanol–water partition coefficient (Wildman–Crippen LogP) is 3.84. The van der Waals surface area contributed by atoms with Gasteiger partial charge in [0.1, 0.15) is 0 Å². The van der Waals surface area contributed by atoms with Crippen molar-refractivity contribution < 1.29 is 5.11 Å². The first kappa shape index (κ1) is 17.4. The van der Waals surface area contributed by atoms with Gasteiger partial charge in [-0.25, -0.2) is 4.98 Å². The minimum absolute atomic E-state index is 0.113. The van der Waals surface area contributed by atoms with Crippen LogP contribution in [0.25, 0.3) is 0 Å². The lowest BCUT2D eigenvalue weighted by molar-refractivity contribution is 0.0791. The lowest BCUT2D eigenvalue weighted by Crippen LogP contribution is -2.35. The zero-order valence-corrected chi connectivity index (χ0v) is 15.4. The van der Waals surface area contributed by atoms with Gasteiger partial charge in [0, 0.05) is 37.3 Å². The molecule has 2 N–H and O–H groups in total. The summed E-state index contributed by atoms with van der Waals surface area (Å²) in [7, 11) is 0. The summed E-state index contributed by atoms with van der Waals surface area (Å²) < 4.78 is 0. The number of nitrogens with zero attached hydrogens (tertiary/aromatic N) is 2. The second-order valence-corrected chi connectivity index (χ2v) is 7.91. The Morgan fingerprint density at radius 3 is 2.62 bits per heavy atom. The Hall–Kier alpha value is -1.43. The molecule has 0 saturated carbocycles. The standard InChI is InChI=1S/C19H27N3OS/c1-14(2)18-12-21-19(24-18)20-11-15-5-3-4-6-16(15)13-22-9-7-17(23)8-10-22/h3-6,12,14,17,23H,7-11,13H2,1-2H3,(H,20,21). The van der Waals surface area contributed by atoms with E-state index in [-0.39, 0.29) is 6.10 Å². The van der Waals surface area contributed by atoms with E-state index in [1.54, 1.807) is 11.3 Å². The quantitative estimate of drug-likeness (QED) is 0.835. The highest BCUT2D eigenvalue weighted by Gasteiger charge is 2.17. The van der Waals surface area contributed by atoms with Gasteiger partial charge in [0.25, 0.3) is 0 Å². The summed E-state index contributed by atoms with van der Waals surface area (Å²) in [5, 5.41) is 14.1. The number of thiazole rings is 1. The van der Waals surface area contributed by atoms with Crippen molar-refractivity contribution in [1.82, 2.24) is 9.88 Å². The van der Waals surface area contributed by atoms with Gasteiger partial charge in [0.05, 0.1) is 6.10 Å². The molecule has 24 heavy (non-hydrogen) atoms. The van der Waals surface area contributed by atoms with E-state index in [0.29, 0.717) is 5.92 Å². The van der Waals surface area contributed by atoms with Gasteiger partial charge in [-0.05, 0) is 29.9 Å². The van der Waals surface area contributed by atoms with Crippen LogP contribution in [0, 0.1) is 0 Å². The van der Waals surface area contributed by atoms with Gasteiger partial charge in [0.15, 0.2) is 5.13 Å². The minimum Gasteiger partial charge on any atom is -0.393 e. The van der Waals surface area contributed by atoms with Crippen LogP contribution in [-0.2, 0) is 13.1 Å². The number of aliphatic hydroxyl groups is 1. The van der Waals surface area contributed by atoms with E-state index >= 15 is 0 Å². The molecule has 1 fully saturated rings. The van der Waals surface area contributed by atoms with Crippen molar-refractivity contribution >= 4 is 16.5 Å². The third kappa shape index (κ3) is 4.56. The van der Waals surface area contributed by atoms with Crippen LogP contribution < -0.4 is 5.32 Å². The van der Waals surface area contributed by atoms with Crippen LogP contribution in [0.4, 0.5) is 5.13 Å². The SMILES string of the molecule is CC(C)c1cnc(NCc2ccccc2CN2CCC(O)CC2)s1. The number of likely N-dealkylation sites (tertiary alicyclic amines) is 1. The maximum atomic E-state index is 9.66. The monoisotopic (exact) mass is 345 g/mol. The molecule has 3 rings (SSSR count). The maximum absolute atomic E-state index is 9.66. The number of aliphatic hydroxyl groups excluding tert-OH is 1. The number of hydrogen-bond acceptors (Lipinski definition) is 5. The van der Waals surface area contributed by atoms with E-state index in [1.807, 2.05) is 6.20 Å². The molecule has 0 spiro atoms. The fraction of sp³-hybridized carbons (Fsp3) is 0.526. The average molecular weight is 346 g/mol. The average Bonchev–Trinajstić information content (AvgIpc) is 3.05. The predicted molar refractivity (Wildman–Crippen MR) is 100 cm³/mol. The van der Waals surface area contributed by atoms with Gasteiger partial charge in [-0.3, -0.25) is 4.90 Å². The molecular weight excluding hydrogens is 318 g/mol. The number of nitrogens with one attached hydrogen (secondary N) is 1. The molecule has 5 heteroatoms. The Labute approximate surface area is 148 Å². The molecule has 1 aliphatic rings. The van der Waals surface area contributed by atoms with Crippen LogP contribution in [0.5, 0.6) is 0 Å². The molecule has 130 valence electrons. The Morgan fingerprint density at radius 1 is 1.25 bits per heavy atom. The summed E-state index contributed by atoms with van der Waals surface area (Å²) in [6.07, 6.45) is 3.63. The van der Waals surface area contributed by atoms with E-state index in [2.05, 4.69) is 53.3 Å². The van der Waals surface area contributed by atoms with E-state index < -0.39 is 0 Å². The first-order chi connectivity index (χ1) is 11.6. The van der Waals surface area contributed by atoms with Crippen molar-refractivity contribution in [1.29, 1.82) is 0 Å². The number of aromatic nitrogens is 1. The smallest absolute Gasteiger partial charge is 0.183 e. The number of benzene rings is 1. The van der Waals surface area contributed by atoms with Gasteiger partial charge in [0.2, 0.25) is 0 Å². The van der Waals surface area contributed by atoms with E-state index in [9.17, 15) is 5.11 Å². The van der Waals surface area contributed by atoms with Crippen molar-refractivity contribution in [3.63, 3.8) is 0 Å². The van der Waals surface area contributed by atoms with Gasteiger partial charge < -0.3 is 10.4 Å². The summed E-state index contributed by atoms with van der Waals surface area (Å²) in [5.74, 6) is 0.528. The molecule has 1 aromatic carbocycles. The molecule has 2 aromatic rings. The highest BCUT2D eigenvalue weighted by molar-refractivity contribution is 7.15. The summed E-state index contributed by atoms with van der Waals surface area (Å²) in [6.45, 7) is 8.11. The van der Waals surface area contributed by atoms with Crippen molar-refractivity contribution in [2.24, 2.45) is 0 Å². The summed E-state index contributed by atoms with van der Waals surface area (Å²) in [6, 6.07) is 8.61. The van der Waals surface area contributed by atoms with E-state index in [1.165, 1.54) is 16.0 Å². The molecule has 4 nitrogen and oxygen atoms in total. The first-order valence-corrected chi connectivity index (χ1v) is 9.60. The van der Waals surface area contributed by atoms with Gasteiger partial charge in [-0.1, -0.05) is 38.1 Å². The normalized spacial score (nSPS) is 16.7. The zero-order valence-electron chi connectivity index (χ0n) is 14.5. The maximum Gasteiger partial charge on any atom is 0.183 e. The van der Waals surface area contributed by atoms with Crippen molar-refractivity contribution in [3.8, 4) is 0 Å². The second kappa shape index (κ2) is 8.10. The lowest BCUT2D eigenvalue weighted by Gasteiger charge is -2.30. The molecule has 1 aliphatic heterocycles. The van der Waals surface area contributed by atoms with Crippen LogP contribution in [0.2, 0.25) is 0 Å². The Morgan fingerprint density at radius 2 is 1.96 bits per heavy atom. The first-order valence-electron chi connectivity index (χ1n) is 8.78. The Bertz CT molecular complexity index is 648. The topological polar surface area (TPSA) is 48.4 Å². The lowest BCUT2D eigenvalue weighted by atomic mass is 10.0. The molecule has 0 aliphatic carbocycles. The van der Waals surface area contributed by atoms with Gasteiger partial charge >= 0.3 is 0 Å². The number of piperidine rings is 1. The number of rotatable bonds is 6. The molecule has 0 unspecified atom stereocenters. The zero-order chi connectivity index (χ0) is 16.9. The molecule has 2 heterocycles. The molecule has 1 saturated heterocycles. The largest absolute Gasteiger partial charge is 0.393 e. The third-order valence-corrected chi connectivity index (χ3v) is 5.85. The van der Waals surface area contributed by atoms with Gasteiger partial charge in [-0.15, -0.1) is 11.3 Å². The molecule has 0 radical (unpaired) electrons. The van der Waals surface area contributed by atoms with Crippen molar-refractivity contribution in [2.45, 2.75) is 51.8 Å². The minimum atomic E-state index is -0.113.